The Morgan fingerprint density at radius 3 is 2.47 bits per heavy atom. The largest absolute Gasteiger partial charge is 0.389 e. The molecular formula is C14H22N2S. The molecule has 0 fully saturated rings. The first kappa shape index (κ1) is 14.0. The van der Waals surface area contributed by atoms with Gasteiger partial charge in [-0.05, 0) is 23.5 Å². The number of anilines is 1. The van der Waals surface area contributed by atoms with Crippen molar-refractivity contribution in [2.45, 2.75) is 27.7 Å². The van der Waals surface area contributed by atoms with Crippen molar-refractivity contribution in [2.75, 3.05) is 11.9 Å². The van der Waals surface area contributed by atoms with E-state index >= 15 is 0 Å². The van der Waals surface area contributed by atoms with Gasteiger partial charge in [-0.3, -0.25) is 0 Å². The number of rotatable bonds is 5. The molecule has 0 bridgehead atoms. The summed E-state index contributed by atoms with van der Waals surface area (Å²) in [5.74, 6) is 0.618. The first-order valence-electron chi connectivity index (χ1n) is 5.97. The maximum atomic E-state index is 5.71. The second-order valence-electron chi connectivity index (χ2n) is 5.41. The summed E-state index contributed by atoms with van der Waals surface area (Å²) in [7, 11) is 0. The molecule has 0 spiro atoms. The van der Waals surface area contributed by atoms with Crippen LogP contribution in [0.1, 0.15) is 33.3 Å². The Kier molecular flexibility index (Phi) is 4.52. The van der Waals surface area contributed by atoms with Crippen molar-refractivity contribution in [3.8, 4) is 0 Å². The van der Waals surface area contributed by atoms with Gasteiger partial charge < -0.3 is 11.1 Å². The zero-order valence-electron chi connectivity index (χ0n) is 11.1. The Labute approximate surface area is 110 Å². The molecule has 0 heterocycles. The third-order valence-electron chi connectivity index (χ3n) is 3.49. The van der Waals surface area contributed by atoms with Crippen molar-refractivity contribution in [3.05, 3.63) is 29.8 Å². The molecule has 0 aliphatic heterocycles. The molecular weight excluding hydrogens is 228 g/mol. The monoisotopic (exact) mass is 250 g/mol. The van der Waals surface area contributed by atoms with Gasteiger partial charge in [-0.2, -0.15) is 0 Å². The fraction of sp³-hybridized carbons (Fsp3) is 0.500. The van der Waals surface area contributed by atoms with Gasteiger partial charge in [0.25, 0.3) is 0 Å². The number of thiocarbonyl (C=S) groups is 1. The third kappa shape index (κ3) is 3.70. The Balaban J connectivity index is 2.79. The van der Waals surface area contributed by atoms with Crippen molar-refractivity contribution in [3.63, 3.8) is 0 Å². The lowest BCUT2D eigenvalue weighted by Crippen LogP contribution is -2.29. The molecule has 0 saturated heterocycles. The minimum atomic E-state index is 0.239. The molecule has 0 atom stereocenters. The summed E-state index contributed by atoms with van der Waals surface area (Å²) in [6.45, 7) is 9.90. The molecule has 0 radical (unpaired) electrons. The lowest BCUT2D eigenvalue weighted by atomic mass is 9.81. The van der Waals surface area contributed by atoms with Gasteiger partial charge in [0.15, 0.2) is 0 Å². The zero-order chi connectivity index (χ0) is 13.1. The lowest BCUT2D eigenvalue weighted by molar-refractivity contribution is 0.269. The van der Waals surface area contributed by atoms with Gasteiger partial charge in [-0.15, -0.1) is 0 Å². The molecule has 2 nitrogen and oxygen atoms in total. The van der Waals surface area contributed by atoms with Crippen LogP contribution in [0.25, 0.3) is 0 Å². The van der Waals surface area contributed by atoms with Gasteiger partial charge in [0.1, 0.15) is 4.99 Å². The van der Waals surface area contributed by atoms with E-state index in [0.29, 0.717) is 10.9 Å². The van der Waals surface area contributed by atoms with E-state index in [1.54, 1.807) is 0 Å². The quantitative estimate of drug-likeness (QED) is 0.786. The fourth-order valence-corrected chi connectivity index (χ4v) is 1.56. The maximum Gasteiger partial charge on any atom is 0.106 e. The molecule has 1 rings (SSSR count). The second-order valence-corrected chi connectivity index (χ2v) is 5.85. The molecule has 1 aromatic carbocycles. The summed E-state index contributed by atoms with van der Waals surface area (Å²) in [6, 6.07) is 7.91. The SMILES string of the molecule is CC(C)C(C)(C)CNc1ccccc1C(N)=S. The third-order valence-corrected chi connectivity index (χ3v) is 3.71. The molecule has 3 heteroatoms. The topological polar surface area (TPSA) is 38.0 Å². The van der Waals surface area contributed by atoms with Crippen LogP contribution in [0, 0.1) is 11.3 Å². The highest BCUT2D eigenvalue weighted by Crippen LogP contribution is 2.27. The van der Waals surface area contributed by atoms with Gasteiger partial charge in [0, 0.05) is 17.8 Å². The molecule has 0 saturated carbocycles. The molecule has 0 aromatic heterocycles. The van der Waals surface area contributed by atoms with Crippen LogP contribution >= 0.6 is 12.2 Å². The maximum absolute atomic E-state index is 5.71. The molecule has 0 aliphatic rings. The van der Waals surface area contributed by atoms with E-state index in [-0.39, 0.29) is 5.41 Å². The van der Waals surface area contributed by atoms with Crippen LogP contribution in [0.2, 0.25) is 0 Å². The van der Waals surface area contributed by atoms with Crippen molar-refractivity contribution in [1.29, 1.82) is 0 Å². The minimum Gasteiger partial charge on any atom is -0.389 e. The van der Waals surface area contributed by atoms with Crippen molar-refractivity contribution in [2.24, 2.45) is 17.1 Å². The highest BCUT2D eigenvalue weighted by Gasteiger charge is 2.22. The number of benzene rings is 1. The molecule has 0 aliphatic carbocycles. The van der Waals surface area contributed by atoms with Crippen LogP contribution in [-0.4, -0.2) is 11.5 Å². The average molecular weight is 250 g/mol. The predicted octanol–water partition coefficient (Wildman–Crippen LogP) is 3.41. The van der Waals surface area contributed by atoms with E-state index < -0.39 is 0 Å². The Morgan fingerprint density at radius 1 is 1.35 bits per heavy atom. The Hall–Kier alpha value is -1.09. The van der Waals surface area contributed by atoms with Gasteiger partial charge in [-0.1, -0.05) is 52.0 Å². The summed E-state index contributed by atoms with van der Waals surface area (Å²) < 4.78 is 0. The van der Waals surface area contributed by atoms with Crippen LogP contribution in [0.3, 0.4) is 0 Å². The smallest absolute Gasteiger partial charge is 0.106 e. The average Bonchev–Trinajstić information content (AvgIpc) is 2.26. The summed E-state index contributed by atoms with van der Waals surface area (Å²) >= 11 is 5.05. The second kappa shape index (κ2) is 5.50. The first-order chi connectivity index (χ1) is 7.84. The predicted molar refractivity (Wildman–Crippen MR) is 79.4 cm³/mol. The minimum absolute atomic E-state index is 0.239. The standard InChI is InChI=1S/C14H22N2S/c1-10(2)14(3,4)9-16-12-8-6-5-7-11(12)13(15)17/h5-8,10,16H,9H2,1-4H3,(H2,15,17). The highest BCUT2D eigenvalue weighted by atomic mass is 32.1. The van der Waals surface area contributed by atoms with E-state index in [1.807, 2.05) is 24.3 Å². The van der Waals surface area contributed by atoms with E-state index in [9.17, 15) is 0 Å². The van der Waals surface area contributed by atoms with E-state index in [1.165, 1.54) is 0 Å². The van der Waals surface area contributed by atoms with Gasteiger partial charge in [-0.25, -0.2) is 0 Å². The number of hydrogen-bond acceptors (Lipinski definition) is 2. The molecule has 1 aromatic rings. The number of nitrogens with two attached hydrogens (primary N) is 1. The fourth-order valence-electron chi connectivity index (χ4n) is 1.38. The van der Waals surface area contributed by atoms with Gasteiger partial charge in [0.05, 0.1) is 0 Å². The van der Waals surface area contributed by atoms with Crippen molar-refractivity contribution < 1.29 is 0 Å². The highest BCUT2D eigenvalue weighted by molar-refractivity contribution is 7.80. The van der Waals surface area contributed by atoms with E-state index in [2.05, 4.69) is 33.0 Å². The lowest BCUT2D eigenvalue weighted by Gasteiger charge is -2.30. The summed E-state index contributed by atoms with van der Waals surface area (Å²) in [6.07, 6.45) is 0. The van der Waals surface area contributed by atoms with E-state index in [4.69, 9.17) is 18.0 Å². The Bertz CT molecular complexity index is 397. The summed E-state index contributed by atoms with van der Waals surface area (Å²) in [5, 5.41) is 3.45. The normalized spacial score (nSPS) is 11.6. The van der Waals surface area contributed by atoms with E-state index in [0.717, 1.165) is 17.8 Å². The van der Waals surface area contributed by atoms with Crippen LogP contribution in [-0.2, 0) is 0 Å². The summed E-state index contributed by atoms with van der Waals surface area (Å²) in [5.41, 5.74) is 7.89. The number of para-hydroxylation sites is 1. The molecule has 94 valence electrons. The number of hydrogen-bond donors (Lipinski definition) is 2. The van der Waals surface area contributed by atoms with Crippen molar-refractivity contribution >= 4 is 22.9 Å². The molecule has 0 unspecified atom stereocenters. The van der Waals surface area contributed by atoms with Crippen LogP contribution in [0.5, 0.6) is 0 Å². The molecule has 3 N–H and O–H groups in total. The molecule has 17 heavy (non-hydrogen) atoms. The van der Waals surface area contributed by atoms with Crippen molar-refractivity contribution in [1.82, 2.24) is 0 Å². The number of nitrogens with one attached hydrogen (secondary N) is 1. The summed E-state index contributed by atoms with van der Waals surface area (Å²) in [4.78, 5) is 0.440. The van der Waals surface area contributed by atoms with Crippen LogP contribution < -0.4 is 11.1 Å². The Morgan fingerprint density at radius 2 is 1.94 bits per heavy atom. The first-order valence-corrected chi connectivity index (χ1v) is 6.38. The van der Waals surface area contributed by atoms with Gasteiger partial charge >= 0.3 is 0 Å². The van der Waals surface area contributed by atoms with Crippen LogP contribution in [0.15, 0.2) is 24.3 Å². The van der Waals surface area contributed by atoms with Crippen LogP contribution in [0.4, 0.5) is 5.69 Å². The van der Waals surface area contributed by atoms with Gasteiger partial charge in [0.2, 0.25) is 0 Å². The zero-order valence-corrected chi connectivity index (χ0v) is 11.9. The molecule has 0 amide bonds.